The number of rotatable bonds is 7. The third-order valence-electron chi connectivity index (χ3n) is 5.96. The summed E-state index contributed by atoms with van der Waals surface area (Å²) in [6.45, 7) is 8.37. The maximum absolute atomic E-state index is 13.5. The second-order valence-electron chi connectivity index (χ2n) is 9.68. The van der Waals surface area contributed by atoms with Crippen LogP contribution in [0, 0.1) is 11.8 Å². The van der Waals surface area contributed by atoms with Crippen LogP contribution in [0.4, 0.5) is 10.5 Å². The monoisotopic (exact) mass is 458 g/mol. The molecule has 9 nitrogen and oxygen atoms in total. The average Bonchev–Trinajstić information content (AvgIpc) is 3.32. The van der Waals surface area contributed by atoms with Crippen LogP contribution in [0.5, 0.6) is 0 Å². The number of fused-ring (bicyclic) bond motifs is 1. The highest BCUT2D eigenvalue weighted by molar-refractivity contribution is 6.00. The van der Waals surface area contributed by atoms with E-state index >= 15 is 0 Å². The van der Waals surface area contributed by atoms with Crippen molar-refractivity contribution in [2.45, 2.75) is 58.7 Å². The molecule has 33 heavy (non-hydrogen) atoms. The van der Waals surface area contributed by atoms with Crippen LogP contribution in [0.1, 0.15) is 50.9 Å². The van der Waals surface area contributed by atoms with Crippen LogP contribution in [0.25, 0.3) is 0 Å². The molecular formula is C24H34N4O5. The summed E-state index contributed by atoms with van der Waals surface area (Å²) in [5.74, 6) is -0.523. The van der Waals surface area contributed by atoms with Gasteiger partial charge in [0.05, 0.1) is 19.2 Å². The molecule has 3 unspecified atom stereocenters. The number of ether oxygens (including phenoxy) is 1. The highest BCUT2D eigenvalue weighted by Crippen LogP contribution is 2.31. The van der Waals surface area contributed by atoms with E-state index in [1.807, 2.05) is 27.7 Å². The van der Waals surface area contributed by atoms with Crippen LogP contribution >= 0.6 is 0 Å². The molecule has 3 atom stereocenters. The first-order chi connectivity index (χ1) is 15.6. The lowest BCUT2D eigenvalue weighted by molar-refractivity contribution is -0.138. The predicted octanol–water partition coefficient (Wildman–Crippen LogP) is 2.06. The summed E-state index contributed by atoms with van der Waals surface area (Å²) < 4.78 is 5.32. The van der Waals surface area contributed by atoms with Gasteiger partial charge in [-0.1, -0.05) is 27.7 Å². The number of hydrogen-bond acceptors (Lipinski definition) is 6. The lowest BCUT2D eigenvalue weighted by atomic mass is 10.0. The van der Waals surface area contributed by atoms with Crippen LogP contribution in [0.15, 0.2) is 24.3 Å². The average molecular weight is 459 g/mol. The fraction of sp³-hybridized carbons (Fsp3) is 0.583. The van der Waals surface area contributed by atoms with E-state index in [9.17, 15) is 19.2 Å². The normalized spacial score (nSPS) is 20.8. The van der Waals surface area contributed by atoms with Crippen LogP contribution in [0.3, 0.4) is 0 Å². The van der Waals surface area contributed by atoms with Gasteiger partial charge in [0.1, 0.15) is 12.1 Å². The van der Waals surface area contributed by atoms with E-state index in [1.54, 1.807) is 24.3 Å². The zero-order valence-electron chi connectivity index (χ0n) is 19.7. The van der Waals surface area contributed by atoms with Crippen molar-refractivity contribution < 1.29 is 23.9 Å². The van der Waals surface area contributed by atoms with Gasteiger partial charge in [-0.2, -0.15) is 0 Å². The van der Waals surface area contributed by atoms with Crippen LogP contribution in [0.2, 0.25) is 0 Å². The van der Waals surface area contributed by atoms with Gasteiger partial charge >= 0.3 is 6.09 Å². The molecule has 1 aromatic rings. The molecular weight excluding hydrogens is 424 g/mol. The lowest BCUT2D eigenvalue weighted by Crippen LogP contribution is -2.53. The van der Waals surface area contributed by atoms with Crippen molar-refractivity contribution in [2.24, 2.45) is 11.8 Å². The highest BCUT2D eigenvalue weighted by atomic mass is 16.6. The number of carbonyl (C=O) groups is 4. The first-order valence-corrected chi connectivity index (χ1v) is 11.5. The molecule has 3 N–H and O–H groups in total. The van der Waals surface area contributed by atoms with Gasteiger partial charge in [0, 0.05) is 17.8 Å². The SMILES string of the molecule is CC(C)COC(=O)N1CC(=O)C2C1CCN2C(=O)C(CC(C)C)NC(=O)c1ccc(N)cc1. The van der Waals surface area contributed by atoms with E-state index in [0.717, 1.165) is 0 Å². The van der Waals surface area contributed by atoms with Gasteiger partial charge in [0.25, 0.3) is 5.91 Å². The van der Waals surface area contributed by atoms with Gasteiger partial charge in [-0.15, -0.1) is 0 Å². The molecule has 180 valence electrons. The summed E-state index contributed by atoms with van der Waals surface area (Å²) in [5, 5.41) is 2.83. The quantitative estimate of drug-likeness (QED) is 0.603. The number of anilines is 1. The Morgan fingerprint density at radius 2 is 1.76 bits per heavy atom. The van der Waals surface area contributed by atoms with Gasteiger partial charge in [0.2, 0.25) is 5.91 Å². The molecule has 2 saturated heterocycles. The third-order valence-corrected chi connectivity index (χ3v) is 5.96. The number of Topliss-reactive ketones (excluding diaryl/α,β-unsaturated/α-hetero) is 1. The van der Waals surface area contributed by atoms with Crippen molar-refractivity contribution in [1.29, 1.82) is 0 Å². The molecule has 2 aliphatic rings. The Bertz CT molecular complexity index is 899. The third kappa shape index (κ3) is 5.64. The summed E-state index contributed by atoms with van der Waals surface area (Å²) in [6, 6.07) is 4.60. The Hall–Kier alpha value is -3.10. The van der Waals surface area contributed by atoms with Gasteiger partial charge in [-0.05, 0) is 48.9 Å². The number of nitrogens with one attached hydrogen (secondary N) is 1. The van der Waals surface area contributed by atoms with E-state index in [2.05, 4.69) is 5.32 Å². The minimum Gasteiger partial charge on any atom is -0.449 e. The summed E-state index contributed by atoms with van der Waals surface area (Å²) in [4.78, 5) is 54.5. The molecule has 0 aliphatic carbocycles. The second-order valence-corrected chi connectivity index (χ2v) is 9.68. The standard InChI is InChI=1S/C24H34N4O5/c1-14(2)11-18(26-22(30)16-5-7-17(25)8-6-16)23(31)27-10-9-19-21(27)20(29)12-28(19)24(32)33-13-15(3)4/h5-8,14-15,18-19,21H,9-13,25H2,1-4H3,(H,26,30). The molecule has 0 spiro atoms. The zero-order chi connectivity index (χ0) is 24.3. The van der Waals surface area contributed by atoms with E-state index < -0.39 is 24.2 Å². The highest BCUT2D eigenvalue weighted by Gasteiger charge is 2.52. The Labute approximate surface area is 194 Å². The number of amides is 3. The van der Waals surface area contributed by atoms with Crippen molar-refractivity contribution in [3.63, 3.8) is 0 Å². The molecule has 3 rings (SSSR count). The van der Waals surface area contributed by atoms with Crippen LogP contribution in [-0.4, -0.2) is 71.3 Å². The number of ketones is 1. The fourth-order valence-electron chi connectivity index (χ4n) is 4.41. The van der Waals surface area contributed by atoms with E-state index in [4.69, 9.17) is 10.5 Å². The van der Waals surface area contributed by atoms with Crippen molar-refractivity contribution in [1.82, 2.24) is 15.1 Å². The minimum absolute atomic E-state index is 0.0668. The van der Waals surface area contributed by atoms with Gasteiger partial charge in [0.15, 0.2) is 5.78 Å². The molecule has 0 radical (unpaired) electrons. The molecule has 3 amide bonds. The van der Waals surface area contributed by atoms with Crippen molar-refractivity contribution in [2.75, 3.05) is 25.4 Å². The number of likely N-dealkylation sites (tertiary alicyclic amines) is 2. The van der Waals surface area contributed by atoms with Crippen LogP contribution < -0.4 is 11.1 Å². The number of hydrogen-bond donors (Lipinski definition) is 2. The summed E-state index contributed by atoms with van der Waals surface area (Å²) >= 11 is 0. The van der Waals surface area contributed by atoms with Crippen molar-refractivity contribution in [3.8, 4) is 0 Å². The van der Waals surface area contributed by atoms with E-state index in [-0.39, 0.29) is 42.6 Å². The zero-order valence-corrected chi connectivity index (χ0v) is 19.7. The number of benzene rings is 1. The summed E-state index contributed by atoms with van der Waals surface area (Å²) in [7, 11) is 0. The Morgan fingerprint density at radius 1 is 1.09 bits per heavy atom. The Morgan fingerprint density at radius 3 is 2.36 bits per heavy atom. The molecule has 0 aromatic heterocycles. The molecule has 0 bridgehead atoms. The number of nitrogen functional groups attached to an aromatic ring is 1. The number of nitrogens with zero attached hydrogens (tertiary/aromatic N) is 2. The predicted molar refractivity (Wildman–Crippen MR) is 123 cm³/mol. The molecule has 2 aliphatic heterocycles. The van der Waals surface area contributed by atoms with Crippen molar-refractivity contribution >= 4 is 29.4 Å². The van der Waals surface area contributed by atoms with Gasteiger partial charge < -0.3 is 20.7 Å². The van der Waals surface area contributed by atoms with Crippen LogP contribution in [-0.2, 0) is 14.3 Å². The number of nitrogens with two attached hydrogens (primary N) is 1. The summed E-state index contributed by atoms with van der Waals surface area (Å²) in [5.41, 5.74) is 6.64. The molecule has 2 heterocycles. The minimum atomic E-state index is -0.774. The maximum atomic E-state index is 13.5. The topological polar surface area (TPSA) is 122 Å². The van der Waals surface area contributed by atoms with Gasteiger partial charge in [-0.25, -0.2) is 4.79 Å². The van der Waals surface area contributed by atoms with E-state index in [0.29, 0.717) is 30.6 Å². The molecule has 2 fully saturated rings. The van der Waals surface area contributed by atoms with Crippen molar-refractivity contribution in [3.05, 3.63) is 29.8 Å². The number of carbonyl (C=O) groups excluding carboxylic acids is 4. The maximum Gasteiger partial charge on any atom is 0.410 e. The smallest absolute Gasteiger partial charge is 0.410 e. The summed E-state index contributed by atoms with van der Waals surface area (Å²) in [6.07, 6.45) is 0.412. The first kappa shape index (κ1) is 24.5. The molecule has 1 aromatic carbocycles. The largest absolute Gasteiger partial charge is 0.449 e. The molecule has 0 saturated carbocycles. The van der Waals surface area contributed by atoms with Gasteiger partial charge in [-0.3, -0.25) is 19.3 Å². The second kappa shape index (κ2) is 10.2. The Kier molecular flexibility index (Phi) is 7.61. The fourth-order valence-corrected chi connectivity index (χ4v) is 4.41. The lowest BCUT2D eigenvalue weighted by Gasteiger charge is -2.29. The first-order valence-electron chi connectivity index (χ1n) is 11.5. The molecule has 9 heteroatoms. The van der Waals surface area contributed by atoms with E-state index in [1.165, 1.54) is 9.80 Å². The Balaban J connectivity index is 1.73.